The van der Waals surface area contributed by atoms with Crippen LogP contribution in [0.2, 0.25) is 0 Å². The number of rotatable bonds is 4. The van der Waals surface area contributed by atoms with Crippen LogP contribution in [0.4, 0.5) is 0 Å². The van der Waals surface area contributed by atoms with E-state index in [1.54, 1.807) is 0 Å². The zero-order valence-electron chi connectivity index (χ0n) is 7.66. The molecule has 0 bridgehead atoms. The normalized spacial score (nSPS) is 12.4. The van der Waals surface area contributed by atoms with E-state index in [1.807, 2.05) is 6.08 Å². The highest BCUT2D eigenvalue weighted by Gasteiger charge is 2.01. The van der Waals surface area contributed by atoms with Crippen LogP contribution in [-0.2, 0) is 0 Å². The molecule has 0 amide bonds. The molecule has 1 aromatic carbocycles. The van der Waals surface area contributed by atoms with Crippen molar-refractivity contribution in [3.05, 3.63) is 48.6 Å². The lowest BCUT2D eigenvalue weighted by atomic mass is 9.96. The topological polar surface area (TPSA) is 0 Å². The molecule has 0 aliphatic rings. The van der Waals surface area contributed by atoms with E-state index in [4.69, 9.17) is 0 Å². The quantitative estimate of drug-likeness (QED) is 0.588. The van der Waals surface area contributed by atoms with Crippen LogP contribution in [0.15, 0.2) is 43.0 Å². The average molecular weight is 160 g/mol. The Balaban J connectivity index is 2.53. The molecule has 0 heteroatoms. The summed E-state index contributed by atoms with van der Waals surface area (Å²) in [5.41, 5.74) is 1.43. The molecule has 0 nitrogen and oxygen atoms in total. The van der Waals surface area contributed by atoms with Gasteiger partial charge in [0.2, 0.25) is 0 Å². The first-order valence-electron chi connectivity index (χ1n) is 4.50. The highest BCUT2D eigenvalue weighted by molar-refractivity contribution is 5.18. The molecule has 0 saturated carbocycles. The molecule has 0 spiro atoms. The Morgan fingerprint density at radius 3 is 2.58 bits per heavy atom. The molecule has 1 rings (SSSR count). The minimum atomic E-state index is 0.657. The van der Waals surface area contributed by atoms with Crippen molar-refractivity contribution >= 4 is 0 Å². The van der Waals surface area contributed by atoms with E-state index in [2.05, 4.69) is 43.8 Å². The molecule has 1 aromatic rings. The first-order valence-corrected chi connectivity index (χ1v) is 4.50. The van der Waals surface area contributed by atoms with Crippen molar-refractivity contribution in [2.24, 2.45) is 0 Å². The SMILES string of the molecule is C=CCC[C@H](C)c1ccccc1. The molecule has 64 valence electrons. The van der Waals surface area contributed by atoms with Gasteiger partial charge >= 0.3 is 0 Å². The number of hydrogen-bond acceptors (Lipinski definition) is 0. The van der Waals surface area contributed by atoms with Gasteiger partial charge in [-0.15, -0.1) is 6.58 Å². The molecular weight excluding hydrogens is 144 g/mol. The summed E-state index contributed by atoms with van der Waals surface area (Å²) in [4.78, 5) is 0. The Kier molecular flexibility index (Phi) is 3.59. The fourth-order valence-corrected chi connectivity index (χ4v) is 1.32. The molecule has 0 heterocycles. The van der Waals surface area contributed by atoms with Gasteiger partial charge in [-0.1, -0.05) is 43.3 Å². The van der Waals surface area contributed by atoms with Crippen molar-refractivity contribution in [2.45, 2.75) is 25.7 Å². The van der Waals surface area contributed by atoms with Gasteiger partial charge in [-0.25, -0.2) is 0 Å². The lowest BCUT2D eigenvalue weighted by Gasteiger charge is -2.09. The van der Waals surface area contributed by atoms with Crippen LogP contribution in [0.5, 0.6) is 0 Å². The van der Waals surface area contributed by atoms with Crippen LogP contribution in [-0.4, -0.2) is 0 Å². The molecular formula is C12H16. The van der Waals surface area contributed by atoms with Crippen LogP contribution in [0.3, 0.4) is 0 Å². The zero-order valence-corrected chi connectivity index (χ0v) is 7.66. The van der Waals surface area contributed by atoms with Crippen LogP contribution in [0.1, 0.15) is 31.2 Å². The summed E-state index contributed by atoms with van der Waals surface area (Å²) < 4.78 is 0. The summed E-state index contributed by atoms with van der Waals surface area (Å²) in [6.07, 6.45) is 4.29. The Bertz CT molecular complexity index is 223. The largest absolute Gasteiger partial charge is 0.103 e. The van der Waals surface area contributed by atoms with Crippen LogP contribution < -0.4 is 0 Å². The Labute approximate surface area is 74.9 Å². The second-order valence-electron chi connectivity index (χ2n) is 3.18. The first kappa shape index (κ1) is 9.05. The molecule has 0 saturated heterocycles. The zero-order chi connectivity index (χ0) is 8.81. The third-order valence-corrected chi connectivity index (χ3v) is 2.17. The highest BCUT2D eigenvalue weighted by Crippen LogP contribution is 2.19. The van der Waals surface area contributed by atoms with Crippen LogP contribution in [0, 0.1) is 0 Å². The maximum absolute atomic E-state index is 3.73. The van der Waals surface area contributed by atoms with Gasteiger partial charge < -0.3 is 0 Å². The average Bonchev–Trinajstić information content (AvgIpc) is 2.15. The summed E-state index contributed by atoms with van der Waals surface area (Å²) in [7, 11) is 0. The van der Waals surface area contributed by atoms with E-state index in [-0.39, 0.29) is 0 Å². The summed E-state index contributed by atoms with van der Waals surface area (Å²) in [6, 6.07) is 10.6. The maximum atomic E-state index is 3.73. The molecule has 0 aliphatic heterocycles. The van der Waals surface area contributed by atoms with E-state index in [0.29, 0.717) is 5.92 Å². The van der Waals surface area contributed by atoms with Gasteiger partial charge in [-0.3, -0.25) is 0 Å². The predicted molar refractivity (Wildman–Crippen MR) is 54.3 cm³/mol. The van der Waals surface area contributed by atoms with Crippen molar-refractivity contribution in [1.82, 2.24) is 0 Å². The van der Waals surface area contributed by atoms with Gasteiger partial charge in [0.1, 0.15) is 0 Å². The molecule has 0 radical (unpaired) electrons. The van der Waals surface area contributed by atoms with Gasteiger partial charge in [0.05, 0.1) is 0 Å². The molecule has 0 fully saturated rings. The second-order valence-corrected chi connectivity index (χ2v) is 3.18. The Morgan fingerprint density at radius 1 is 1.33 bits per heavy atom. The highest BCUT2D eigenvalue weighted by atomic mass is 14.1. The number of benzene rings is 1. The molecule has 0 aliphatic carbocycles. The lowest BCUT2D eigenvalue weighted by Crippen LogP contribution is -1.91. The van der Waals surface area contributed by atoms with E-state index in [0.717, 1.165) is 6.42 Å². The van der Waals surface area contributed by atoms with Crippen molar-refractivity contribution in [3.8, 4) is 0 Å². The third kappa shape index (κ3) is 2.54. The third-order valence-electron chi connectivity index (χ3n) is 2.17. The van der Waals surface area contributed by atoms with Crippen molar-refractivity contribution in [3.63, 3.8) is 0 Å². The Hall–Kier alpha value is -1.04. The fraction of sp³-hybridized carbons (Fsp3) is 0.333. The maximum Gasteiger partial charge on any atom is -0.0187 e. The minimum absolute atomic E-state index is 0.657. The Morgan fingerprint density at radius 2 is 2.00 bits per heavy atom. The minimum Gasteiger partial charge on any atom is -0.103 e. The smallest absolute Gasteiger partial charge is 0.0187 e. The molecule has 1 atom stereocenters. The van der Waals surface area contributed by atoms with E-state index in [9.17, 15) is 0 Å². The van der Waals surface area contributed by atoms with Crippen molar-refractivity contribution < 1.29 is 0 Å². The van der Waals surface area contributed by atoms with Crippen LogP contribution >= 0.6 is 0 Å². The number of hydrogen-bond donors (Lipinski definition) is 0. The summed E-state index contributed by atoms with van der Waals surface area (Å²) in [5.74, 6) is 0.657. The molecule has 0 aromatic heterocycles. The summed E-state index contributed by atoms with van der Waals surface area (Å²) in [6.45, 7) is 5.99. The van der Waals surface area contributed by atoms with Gasteiger partial charge in [-0.2, -0.15) is 0 Å². The lowest BCUT2D eigenvalue weighted by molar-refractivity contribution is 0.691. The molecule has 12 heavy (non-hydrogen) atoms. The van der Waals surface area contributed by atoms with E-state index < -0.39 is 0 Å². The van der Waals surface area contributed by atoms with Gasteiger partial charge in [0.15, 0.2) is 0 Å². The monoisotopic (exact) mass is 160 g/mol. The van der Waals surface area contributed by atoms with E-state index >= 15 is 0 Å². The fourth-order valence-electron chi connectivity index (χ4n) is 1.32. The molecule has 0 N–H and O–H groups in total. The van der Waals surface area contributed by atoms with Crippen molar-refractivity contribution in [1.29, 1.82) is 0 Å². The number of allylic oxidation sites excluding steroid dienone is 1. The van der Waals surface area contributed by atoms with E-state index in [1.165, 1.54) is 12.0 Å². The van der Waals surface area contributed by atoms with Crippen LogP contribution in [0.25, 0.3) is 0 Å². The second kappa shape index (κ2) is 4.76. The summed E-state index contributed by atoms with van der Waals surface area (Å²) in [5, 5.41) is 0. The molecule has 0 unspecified atom stereocenters. The summed E-state index contributed by atoms with van der Waals surface area (Å²) >= 11 is 0. The first-order chi connectivity index (χ1) is 5.84. The standard InChI is InChI=1S/C12H16/c1-3-4-8-11(2)12-9-6-5-7-10-12/h3,5-7,9-11H,1,4,8H2,2H3/t11-/m0/s1. The van der Waals surface area contributed by atoms with Gasteiger partial charge in [0, 0.05) is 0 Å². The van der Waals surface area contributed by atoms with Gasteiger partial charge in [-0.05, 0) is 24.3 Å². The van der Waals surface area contributed by atoms with Gasteiger partial charge in [0.25, 0.3) is 0 Å². The van der Waals surface area contributed by atoms with Crippen molar-refractivity contribution in [2.75, 3.05) is 0 Å². The predicted octanol–water partition coefficient (Wildman–Crippen LogP) is 3.76.